The van der Waals surface area contributed by atoms with Crippen molar-refractivity contribution in [1.29, 1.82) is 0 Å². The van der Waals surface area contributed by atoms with Crippen molar-refractivity contribution in [2.24, 2.45) is 0 Å². The fourth-order valence-electron chi connectivity index (χ4n) is 1.49. The number of nitrogens with two attached hydrogens (primary N) is 1. The fraction of sp³-hybridized carbons (Fsp3) is 0.583. The summed E-state index contributed by atoms with van der Waals surface area (Å²) in [7, 11) is 1.58. The van der Waals surface area contributed by atoms with Gasteiger partial charge in [-0.05, 0) is 26.8 Å². The van der Waals surface area contributed by atoms with Crippen LogP contribution in [-0.4, -0.2) is 45.6 Å². The second kappa shape index (κ2) is 5.73. The van der Waals surface area contributed by atoms with Gasteiger partial charge < -0.3 is 16.0 Å². The number of nitrogen functional groups attached to an aromatic ring is 1. The second-order valence-corrected chi connectivity index (χ2v) is 5.49. The number of amides is 2. The van der Waals surface area contributed by atoms with Gasteiger partial charge in [0.2, 0.25) is 11.8 Å². The zero-order valence-electron chi connectivity index (χ0n) is 11.8. The van der Waals surface area contributed by atoms with E-state index in [1.807, 2.05) is 20.8 Å². The van der Waals surface area contributed by atoms with Crippen molar-refractivity contribution in [3.05, 3.63) is 12.3 Å². The Bertz CT molecular complexity index is 461. The largest absolute Gasteiger partial charge is 0.382 e. The Hall–Kier alpha value is -2.05. The van der Waals surface area contributed by atoms with Gasteiger partial charge in [-0.1, -0.05) is 0 Å². The van der Waals surface area contributed by atoms with Crippen molar-refractivity contribution in [3.63, 3.8) is 0 Å². The maximum absolute atomic E-state index is 11.9. The number of anilines is 1. The van der Waals surface area contributed by atoms with Gasteiger partial charge in [0, 0.05) is 18.8 Å². The molecule has 106 valence electrons. The smallest absolute Gasteiger partial charge is 0.244 e. The number of rotatable bonds is 4. The van der Waals surface area contributed by atoms with Crippen LogP contribution in [0.2, 0.25) is 0 Å². The van der Waals surface area contributed by atoms with Gasteiger partial charge in [-0.25, -0.2) is 0 Å². The average molecular weight is 267 g/mol. The molecule has 0 aromatic carbocycles. The third kappa shape index (κ3) is 5.41. The Kier molecular flexibility index (Phi) is 4.52. The number of nitrogens with zero attached hydrogens (tertiary/aromatic N) is 3. The van der Waals surface area contributed by atoms with E-state index >= 15 is 0 Å². The van der Waals surface area contributed by atoms with Crippen LogP contribution in [0.1, 0.15) is 20.8 Å². The molecular formula is C12H21N5O2. The van der Waals surface area contributed by atoms with E-state index in [0.717, 1.165) is 0 Å². The van der Waals surface area contributed by atoms with Gasteiger partial charge >= 0.3 is 0 Å². The highest BCUT2D eigenvalue weighted by Crippen LogP contribution is 2.00. The first-order valence-electron chi connectivity index (χ1n) is 6.01. The van der Waals surface area contributed by atoms with E-state index < -0.39 is 0 Å². The maximum Gasteiger partial charge on any atom is 0.244 e. The quantitative estimate of drug-likeness (QED) is 0.792. The van der Waals surface area contributed by atoms with Crippen molar-refractivity contribution in [1.82, 2.24) is 20.0 Å². The molecule has 7 nitrogen and oxygen atoms in total. The summed E-state index contributed by atoms with van der Waals surface area (Å²) in [5.74, 6) is -0.0311. The predicted molar refractivity (Wildman–Crippen MR) is 72.2 cm³/mol. The fourth-order valence-corrected chi connectivity index (χ4v) is 1.49. The molecule has 0 aliphatic rings. The molecule has 2 amide bonds. The molecule has 1 rings (SSSR count). The van der Waals surface area contributed by atoms with Crippen molar-refractivity contribution in [2.45, 2.75) is 32.9 Å². The van der Waals surface area contributed by atoms with Crippen molar-refractivity contribution in [3.8, 4) is 0 Å². The molecule has 0 spiro atoms. The summed E-state index contributed by atoms with van der Waals surface area (Å²) in [4.78, 5) is 24.9. The summed E-state index contributed by atoms with van der Waals surface area (Å²) in [5.41, 5.74) is 5.15. The van der Waals surface area contributed by atoms with E-state index in [4.69, 9.17) is 5.73 Å². The van der Waals surface area contributed by atoms with Crippen LogP contribution in [-0.2, 0) is 16.1 Å². The predicted octanol–water partition coefficient (Wildman–Crippen LogP) is -0.162. The summed E-state index contributed by atoms with van der Waals surface area (Å²) in [5, 5.41) is 6.72. The molecule has 1 aromatic heterocycles. The number of aromatic nitrogens is 2. The number of carbonyl (C=O) groups is 2. The Morgan fingerprint density at radius 2 is 2.11 bits per heavy atom. The van der Waals surface area contributed by atoms with Gasteiger partial charge in [0.1, 0.15) is 12.4 Å². The van der Waals surface area contributed by atoms with Crippen LogP contribution in [0.4, 0.5) is 5.82 Å². The maximum atomic E-state index is 11.9. The molecule has 0 saturated carbocycles. The highest BCUT2D eigenvalue weighted by Gasteiger charge is 2.18. The molecule has 7 heteroatoms. The second-order valence-electron chi connectivity index (χ2n) is 5.49. The highest BCUT2D eigenvalue weighted by molar-refractivity contribution is 5.84. The van der Waals surface area contributed by atoms with Gasteiger partial charge in [-0.2, -0.15) is 5.10 Å². The molecular weight excluding hydrogens is 246 g/mol. The minimum Gasteiger partial charge on any atom is -0.382 e. The molecule has 0 unspecified atom stereocenters. The minimum absolute atomic E-state index is 0.0207. The average Bonchev–Trinajstić information content (AvgIpc) is 2.60. The number of carbonyl (C=O) groups excluding carboxylic acids is 2. The summed E-state index contributed by atoms with van der Waals surface area (Å²) >= 11 is 0. The summed E-state index contributed by atoms with van der Waals surface area (Å²) < 4.78 is 1.44. The Morgan fingerprint density at radius 1 is 1.47 bits per heavy atom. The van der Waals surface area contributed by atoms with E-state index in [-0.39, 0.29) is 30.4 Å². The minimum atomic E-state index is -0.308. The van der Waals surface area contributed by atoms with Crippen LogP contribution in [0.25, 0.3) is 0 Å². The molecule has 0 saturated heterocycles. The molecule has 1 heterocycles. The highest BCUT2D eigenvalue weighted by atomic mass is 16.2. The SMILES string of the molecule is CN(CC(=O)NC(C)(C)C)C(=O)Cn1ccc(N)n1. The molecule has 0 atom stereocenters. The zero-order valence-corrected chi connectivity index (χ0v) is 11.8. The molecule has 0 aliphatic heterocycles. The van der Waals surface area contributed by atoms with Crippen LogP contribution in [0.15, 0.2) is 12.3 Å². The first-order chi connectivity index (χ1) is 8.67. The van der Waals surface area contributed by atoms with E-state index in [9.17, 15) is 9.59 Å². The molecule has 1 aromatic rings. The third-order valence-corrected chi connectivity index (χ3v) is 2.28. The molecule has 19 heavy (non-hydrogen) atoms. The van der Waals surface area contributed by atoms with Gasteiger partial charge in [0.05, 0.1) is 6.54 Å². The van der Waals surface area contributed by atoms with Crippen LogP contribution in [0, 0.1) is 0 Å². The first-order valence-corrected chi connectivity index (χ1v) is 6.01. The zero-order chi connectivity index (χ0) is 14.6. The van der Waals surface area contributed by atoms with Crippen molar-refractivity contribution >= 4 is 17.6 Å². The van der Waals surface area contributed by atoms with E-state index in [0.29, 0.717) is 5.82 Å². The van der Waals surface area contributed by atoms with Crippen LogP contribution < -0.4 is 11.1 Å². The normalized spacial score (nSPS) is 11.2. The number of nitrogens with one attached hydrogen (secondary N) is 1. The van der Waals surface area contributed by atoms with Crippen molar-refractivity contribution < 1.29 is 9.59 Å². The summed E-state index contributed by atoms with van der Waals surface area (Å²) in [6.07, 6.45) is 1.62. The Balaban J connectivity index is 2.47. The van der Waals surface area contributed by atoms with Crippen molar-refractivity contribution in [2.75, 3.05) is 19.3 Å². The van der Waals surface area contributed by atoms with Crippen LogP contribution in [0.3, 0.4) is 0 Å². The first kappa shape index (κ1) is 15.0. The lowest BCUT2D eigenvalue weighted by Gasteiger charge is -2.23. The summed E-state index contributed by atoms with van der Waals surface area (Å²) in [6, 6.07) is 1.61. The molecule has 0 bridgehead atoms. The van der Waals surface area contributed by atoms with E-state index in [2.05, 4.69) is 10.4 Å². The molecule has 3 N–H and O–H groups in total. The van der Waals surface area contributed by atoms with Gasteiger partial charge in [-0.15, -0.1) is 0 Å². The van der Waals surface area contributed by atoms with Crippen LogP contribution >= 0.6 is 0 Å². The van der Waals surface area contributed by atoms with Gasteiger partial charge in [0.15, 0.2) is 0 Å². The topological polar surface area (TPSA) is 93.2 Å². The third-order valence-electron chi connectivity index (χ3n) is 2.28. The van der Waals surface area contributed by atoms with E-state index in [1.54, 1.807) is 19.3 Å². The lowest BCUT2D eigenvalue weighted by atomic mass is 10.1. The Morgan fingerprint density at radius 3 is 2.58 bits per heavy atom. The lowest BCUT2D eigenvalue weighted by Crippen LogP contribution is -2.46. The monoisotopic (exact) mass is 267 g/mol. The Labute approximate surface area is 112 Å². The standard InChI is InChI=1S/C12H21N5O2/c1-12(2,3)14-10(18)7-16(4)11(19)8-17-6-5-9(13)15-17/h5-6H,7-8H2,1-4H3,(H2,13,15)(H,14,18). The van der Waals surface area contributed by atoms with Crippen LogP contribution in [0.5, 0.6) is 0 Å². The van der Waals surface area contributed by atoms with E-state index in [1.165, 1.54) is 9.58 Å². The number of hydrogen-bond acceptors (Lipinski definition) is 4. The number of likely N-dealkylation sites (N-methyl/N-ethyl adjacent to an activating group) is 1. The molecule has 0 fully saturated rings. The summed E-state index contributed by atoms with van der Waals surface area (Å²) in [6.45, 7) is 5.75. The lowest BCUT2D eigenvalue weighted by molar-refractivity contribution is -0.135. The molecule has 0 radical (unpaired) electrons. The number of hydrogen-bond donors (Lipinski definition) is 2. The van der Waals surface area contributed by atoms with Gasteiger partial charge in [-0.3, -0.25) is 14.3 Å². The van der Waals surface area contributed by atoms with Gasteiger partial charge in [0.25, 0.3) is 0 Å². The molecule has 0 aliphatic carbocycles.